The predicted octanol–water partition coefficient (Wildman–Crippen LogP) is 3.34. The van der Waals surface area contributed by atoms with E-state index in [1.807, 2.05) is 6.92 Å². The van der Waals surface area contributed by atoms with E-state index in [9.17, 15) is 13.5 Å². The molecule has 0 aliphatic rings. The van der Waals surface area contributed by atoms with Crippen molar-refractivity contribution in [2.75, 3.05) is 11.3 Å². The van der Waals surface area contributed by atoms with Crippen LogP contribution in [0.3, 0.4) is 0 Å². The van der Waals surface area contributed by atoms with Gasteiger partial charge in [-0.3, -0.25) is 4.72 Å². The molecule has 2 N–H and O–H groups in total. The largest absolute Gasteiger partial charge is 0.494 e. The summed E-state index contributed by atoms with van der Waals surface area (Å²) in [7, 11) is -3.77. The number of halogens is 1. The third-order valence-corrected chi connectivity index (χ3v) is 4.98. The van der Waals surface area contributed by atoms with Gasteiger partial charge in [-0.25, -0.2) is 8.42 Å². The molecule has 0 atom stereocenters. The summed E-state index contributed by atoms with van der Waals surface area (Å²) < 4.78 is 32.9. The SMILES string of the molecule is CCOc1ccc(NS(=O)(=O)c2cc(Cl)ccc2C)cc1CO. The number of rotatable bonds is 6. The molecule has 124 valence electrons. The minimum atomic E-state index is -3.77. The van der Waals surface area contributed by atoms with Crippen molar-refractivity contribution in [3.63, 3.8) is 0 Å². The number of aryl methyl sites for hydroxylation is 1. The second-order valence-electron chi connectivity index (χ2n) is 4.93. The number of nitrogens with one attached hydrogen (secondary N) is 1. The molecule has 5 nitrogen and oxygen atoms in total. The lowest BCUT2D eigenvalue weighted by Crippen LogP contribution is -2.14. The fraction of sp³-hybridized carbons (Fsp3) is 0.250. The van der Waals surface area contributed by atoms with Crippen LogP contribution in [-0.4, -0.2) is 20.1 Å². The van der Waals surface area contributed by atoms with Crippen molar-refractivity contribution in [2.24, 2.45) is 0 Å². The summed E-state index contributed by atoms with van der Waals surface area (Å²) in [5.74, 6) is 0.525. The molecule has 0 fully saturated rings. The molecule has 0 bridgehead atoms. The highest BCUT2D eigenvalue weighted by Gasteiger charge is 2.18. The highest BCUT2D eigenvalue weighted by atomic mass is 35.5. The first-order chi connectivity index (χ1) is 10.9. The fourth-order valence-electron chi connectivity index (χ4n) is 2.14. The van der Waals surface area contributed by atoms with E-state index in [0.29, 0.717) is 34.2 Å². The first-order valence-electron chi connectivity index (χ1n) is 7.03. The summed E-state index contributed by atoms with van der Waals surface area (Å²) in [6.45, 7) is 3.74. The average molecular weight is 356 g/mol. The monoisotopic (exact) mass is 355 g/mol. The highest BCUT2D eigenvalue weighted by molar-refractivity contribution is 7.92. The van der Waals surface area contributed by atoms with E-state index in [1.165, 1.54) is 6.07 Å². The summed E-state index contributed by atoms with van der Waals surface area (Å²) in [6, 6.07) is 9.44. The van der Waals surface area contributed by atoms with Gasteiger partial charge in [0.25, 0.3) is 10.0 Å². The van der Waals surface area contributed by atoms with Gasteiger partial charge in [-0.05, 0) is 49.7 Å². The van der Waals surface area contributed by atoms with Crippen LogP contribution < -0.4 is 9.46 Å². The number of anilines is 1. The fourth-order valence-corrected chi connectivity index (χ4v) is 3.69. The van der Waals surface area contributed by atoms with E-state index in [2.05, 4.69) is 4.72 Å². The third-order valence-electron chi connectivity index (χ3n) is 3.22. The maximum atomic E-state index is 12.5. The van der Waals surface area contributed by atoms with Gasteiger partial charge in [0.2, 0.25) is 0 Å². The molecule has 7 heteroatoms. The van der Waals surface area contributed by atoms with Gasteiger partial charge in [-0.15, -0.1) is 0 Å². The molecular weight excluding hydrogens is 338 g/mol. The van der Waals surface area contributed by atoms with Crippen molar-refractivity contribution < 1.29 is 18.3 Å². The average Bonchev–Trinajstić information content (AvgIpc) is 2.51. The summed E-state index contributed by atoms with van der Waals surface area (Å²) in [6.07, 6.45) is 0. The first-order valence-corrected chi connectivity index (χ1v) is 8.89. The molecule has 0 spiro atoms. The van der Waals surface area contributed by atoms with E-state index < -0.39 is 10.0 Å². The number of aliphatic hydroxyl groups is 1. The van der Waals surface area contributed by atoms with Crippen LogP contribution in [0.5, 0.6) is 5.75 Å². The Morgan fingerprint density at radius 1 is 1.22 bits per heavy atom. The maximum Gasteiger partial charge on any atom is 0.262 e. The summed E-state index contributed by atoms with van der Waals surface area (Å²) >= 11 is 5.89. The summed E-state index contributed by atoms with van der Waals surface area (Å²) in [5, 5.41) is 9.74. The predicted molar refractivity (Wildman–Crippen MR) is 90.5 cm³/mol. The molecule has 2 aromatic carbocycles. The van der Waals surface area contributed by atoms with Gasteiger partial charge in [0.15, 0.2) is 0 Å². The second-order valence-corrected chi connectivity index (χ2v) is 7.02. The van der Waals surface area contributed by atoms with Crippen molar-refractivity contribution >= 4 is 27.3 Å². The van der Waals surface area contributed by atoms with Gasteiger partial charge in [-0.2, -0.15) is 0 Å². The van der Waals surface area contributed by atoms with Crippen molar-refractivity contribution in [3.8, 4) is 5.75 Å². The first kappa shape index (κ1) is 17.6. The second kappa shape index (κ2) is 7.21. The Kier molecular flexibility index (Phi) is 5.51. The van der Waals surface area contributed by atoms with Gasteiger partial charge >= 0.3 is 0 Å². The quantitative estimate of drug-likeness (QED) is 0.833. The molecular formula is C16H18ClNO4S. The Balaban J connectivity index is 2.35. The molecule has 0 saturated heterocycles. The normalized spacial score (nSPS) is 11.3. The molecule has 0 aliphatic heterocycles. The van der Waals surface area contributed by atoms with Gasteiger partial charge in [0.05, 0.1) is 18.1 Å². The van der Waals surface area contributed by atoms with Crippen LogP contribution in [-0.2, 0) is 16.6 Å². The Hall–Kier alpha value is -1.76. The summed E-state index contributed by atoms with van der Waals surface area (Å²) in [5.41, 5.74) is 1.45. The Bertz CT molecular complexity index is 806. The third kappa shape index (κ3) is 4.16. The Morgan fingerprint density at radius 2 is 1.96 bits per heavy atom. The molecule has 2 rings (SSSR count). The topological polar surface area (TPSA) is 75.6 Å². The van der Waals surface area contributed by atoms with Crippen LogP contribution in [0.15, 0.2) is 41.3 Å². The maximum absolute atomic E-state index is 12.5. The molecule has 0 heterocycles. The number of sulfonamides is 1. The lowest BCUT2D eigenvalue weighted by atomic mass is 10.2. The minimum absolute atomic E-state index is 0.115. The Labute approximate surface area is 140 Å². The van der Waals surface area contributed by atoms with E-state index in [4.69, 9.17) is 16.3 Å². The molecule has 23 heavy (non-hydrogen) atoms. The summed E-state index contributed by atoms with van der Waals surface area (Å²) in [4.78, 5) is 0.115. The van der Waals surface area contributed by atoms with E-state index in [0.717, 1.165) is 0 Å². The van der Waals surface area contributed by atoms with Crippen molar-refractivity contribution in [1.29, 1.82) is 0 Å². The number of ether oxygens (including phenoxy) is 1. The van der Waals surface area contributed by atoms with Gasteiger partial charge in [0, 0.05) is 16.3 Å². The van der Waals surface area contributed by atoms with Crippen LogP contribution in [0, 0.1) is 6.92 Å². The van der Waals surface area contributed by atoms with E-state index in [-0.39, 0.29) is 11.5 Å². The van der Waals surface area contributed by atoms with Crippen molar-refractivity contribution in [3.05, 3.63) is 52.5 Å². The van der Waals surface area contributed by atoms with E-state index >= 15 is 0 Å². The van der Waals surface area contributed by atoms with Crippen LogP contribution >= 0.6 is 11.6 Å². The zero-order chi connectivity index (χ0) is 17.0. The zero-order valence-corrected chi connectivity index (χ0v) is 14.4. The van der Waals surface area contributed by atoms with Crippen molar-refractivity contribution in [2.45, 2.75) is 25.3 Å². The number of benzene rings is 2. The lowest BCUT2D eigenvalue weighted by Gasteiger charge is -2.13. The smallest absolute Gasteiger partial charge is 0.262 e. The molecule has 0 aliphatic carbocycles. The number of hydrogen-bond acceptors (Lipinski definition) is 4. The molecule has 0 radical (unpaired) electrons. The lowest BCUT2D eigenvalue weighted by molar-refractivity contribution is 0.267. The van der Waals surface area contributed by atoms with Gasteiger partial charge in [-0.1, -0.05) is 17.7 Å². The van der Waals surface area contributed by atoms with Crippen LogP contribution in [0.1, 0.15) is 18.1 Å². The number of aliphatic hydroxyl groups excluding tert-OH is 1. The standard InChI is InChI=1S/C16H18ClNO4S/c1-3-22-15-7-6-14(8-12(15)10-19)18-23(20,21)16-9-13(17)5-4-11(16)2/h4-9,18-19H,3,10H2,1-2H3. The van der Waals surface area contributed by atoms with Gasteiger partial charge < -0.3 is 9.84 Å². The molecule has 2 aromatic rings. The molecule has 0 unspecified atom stereocenters. The Morgan fingerprint density at radius 3 is 2.61 bits per heavy atom. The number of hydrogen-bond donors (Lipinski definition) is 2. The van der Waals surface area contributed by atoms with Crippen LogP contribution in [0.4, 0.5) is 5.69 Å². The van der Waals surface area contributed by atoms with Crippen LogP contribution in [0.2, 0.25) is 5.02 Å². The molecule has 0 amide bonds. The minimum Gasteiger partial charge on any atom is -0.494 e. The van der Waals surface area contributed by atoms with E-state index in [1.54, 1.807) is 37.3 Å². The highest BCUT2D eigenvalue weighted by Crippen LogP contribution is 2.26. The molecule has 0 saturated carbocycles. The molecule has 0 aromatic heterocycles. The van der Waals surface area contributed by atoms with Crippen LogP contribution in [0.25, 0.3) is 0 Å². The van der Waals surface area contributed by atoms with Gasteiger partial charge in [0.1, 0.15) is 5.75 Å². The van der Waals surface area contributed by atoms with Crippen molar-refractivity contribution in [1.82, 2.24) is 0 Å². The zero-order valence-electron chi connectivity index (χ0n) is 12.8.